The van der Waals surface area contributed by atoms with Crippen LogP contribution in [0.5, 0.6) is 0 Å². The maximum Gasteiger partial charge on any atom is 0.167 e. The van der Waals surface area contributed by atoms with Crippen LogP contribution in [0.1, 0.15) is 33.1 Å². The molecule has 2 nitrogen and oxygen atoms in total. The lowest BCUT2D eigenvalue weighted by molar-refractivity contribution is -0.124. The topological polar surface area (TPSA) is 29.1 Å². The first-order valence-electron chi connectivity index (χ1n) is 8.08. The average molecular weight is 303 g/mol. The molecule has 114 valence electrons. The van der Waals surface area contributed by atoms with Crippen molar-refractivity contribution in [3.05, 3.63) is 35.3 Å². The van der Waals surface area contributed by atoms with Gasteiger partial charge in [-0.05, 0) is 37.1 Å². The molecule has 0 saturated carbocycles. The van der Waals surface area contributed by atoms with Crippen molar-refractivity contribution in [2.45, 2.75) is 38.4 Å². The normalized spacial score (nSPS) is 34.3. The number of allylic oxidation sites excluding steroid dienone is 4. The summed E-state index contributed by atoms with van der Waals surface area (Å²) in [4.78, 5) is 13.3. The van der Waals surface area contributed by atoms with Gasteiger partial charge in [-0.15, -0.1) is 11.8 Å². The van der Waals surface area contributed by atoms with Crippen LogP contribution >= 0.6 is 11.8 Å². The summed E-state index contributed by atoms with van der Waals surface area (Å²) in [5.41, 5.74) is 0.902. The Morgan fingerprint density at radius 1 is 1.43 bits per heavy atom. The predicted molar refractivity (Wildman–Crippen MR) is 90.2 cm³/mol. The Hall–Kier alpha value is -0.800. The van der Waals surface area contributed by atoms with E-state index in [2.05, 4.69) is 48.9 Å². The van der Waals surface area contributed by atoms with Crippen molar-refractivity contribution in [1.82, 2.24) is 5.32 Å². The number of rotatable bonds is 5. The fraction of sp³-hybridized carbons (Fsp3) is 0.611. The van der Waals surface area contributed by atoms with E-state index in [4.69, 9.17) is 0 Å². The predicted octanol–water partition coefficient (Wildman–Crippen LogP) is 3.71. The van der Waals surface area contributed by atoms with Crippen molar-refractivity contribution >= 4 is 17.5 Å². The molecule has 1 fully saturated rings. The first-order valence-corrected chi connectivity index (χ1v) is 9.03. The molecular weight excluding hydrogens is 278 g/mol. The maximum atomic E-state index is 13.3. The van der Waals surface area contributed by atoms with E-state index >= 15 is 0 Å². The summed E-state index contributed by atoms with van der Waals surface area (Å²) in [6.07, 6.45) is 11.8. The second-order valence-electron chi connectivity index (χ2n) is 6.94. The summed E-state index contributed by atoms with van der Waals surface area (Å²) >= 11 is 1.80. The maximum absolute atomic E-state index is 13.3. The van der Waals surface area contributed by atoms with E-state index in [0.29, 0.717) is 22.9 Å². The third-order valence-electron chi connectivity index (χ3n) is 4.98. The summed E-state index contributed by atoms with van der Waals surface area (Å²) < 4.78 is 0. The van der Waals surface area contributed by atoms with Crippen molar-refractivity contribution in [3.8, 4) is 0 Å². The Labute approximate surface area is 132 Å². The molecule has 0 aromatic carbocycles. The number of hydrogen-bond donors (Lipinski definition) is 1. The number of Topliss-reactive ketones (excluding diaryl/α,β-unsaturated/α-hetero) is 1. The zero-order valence-corrected chi connectivity index (χ0v) is 13.8. The Bertz CT molecular complexity index is 497. The Balaban J connectivity index is 1.78. The van der Waals surface area contributed by atoms with E-state index in [1.165, 1.54) is 0 Å². The average Bonchev–Trinajstić information content (AvgIpc) is 3.12. The third kappa shape index (κ3) is 2.91. The number of thioether (sulfide) groups is 1. The summed E-state index contributed by atoms with van der Waals surface area (Å²) in [5.74, 6) is 1.37. The van der Waals surface area contributed by atoms with Crippen molar-refractivity contribution < 1.29 is 4.79 Å². The number of nitrogens with one attached hydrogen (secondary N) is 1. The van der Waals surface area contributed by atoms with Crippen LogP contribution in [-0.4, -0.2) is 24.1 Å². The van der Waals surface area contributed by atoms with Gasteiger partial charge < -0.3 is 5.32 Å². The molecule has 0 bridgehead atoms. The van der Waals surface area contributed by atoms with Gasteiger partial charge in [0.05, 0.1) is 0 Å². The molecule has 2 heterocycles. The van der Waals surface area contributed by atoms with Crippen LogP contribution in [0.15, 0.2) is 35.3 Å². The highest BCUT2D eigenvalue weighted by molar-refractivity contribution is 8.03. The number of carbonyl (C=O) groups is 1. The fourth-order valence-corrected chi connectivity index (χ4v) is 4.72. The second kappa shape index (κ2) is 6.13. The summed E-state index contributed by atoms with van der Waals surface area (Å²) in [6.45, 7) is 6.33. The van der Waals surface area contributed by atoms with E-state index in [9.17, 15) is 4.79 Å². The molecule has 0 aromatic rings. The van der Waals surface area contributed by atoms with Gasteiger partial charge in [0.15, 0.2) is 5.78 Å². The molecule has 0 amide bonds. The van der Waals surface area contributed by atoms with Gasteiger partial charge in [0.2, 0.25) is 0 Å². The van der Waals surface area contributed by atoms with Gasteiger partial charge in [0.1, 0.15) is 0 Å². The molecule has 1 N–H and O–H groups in total. The van der Waals surface area contributed by atoms with Crippen molar-refractivity contribution in [1.29, 1.82) is 0 Å². The van der Waals surface area contributed by atoms with Crippen molar-refractivity contribution in [2.24, 2.45) is 17.3 Å². The number of carbonyl (C=O) groups excluding carboxylic acids is 1. The molecule has 1 aliphatic carbocycles. The standard InChI is InChI=1S/C18H25NOS/c1-13(2)7-8-18(9-10-19-12-18)17(20)15-11-21-16-6-4-3-5-14(15)16/h3-6,11,13-14,16,19H,7-10,12H2,1-2H3. The Kier molecular flexibility index (Phi) is 4.41. The number of hydrogen-bond acceptors (Lipinski definition) is 3. The van der Waals surface area contributed by atoms with E-state index < -0.39 is 0 Å². The lowest BCUT2D eigenvalue weighted by Gasteiger charge is -2.30. The minimum atomic E-state index is -0.152. The van der Waals surface area contributed by atoms with Gasteiger partial charge in [-0.3, -0.25) is 4.79 Å². The molecule has 2 aliphatic heterocycles. The van der Waals surface area contributed by atoms with Crippen LogP contribution < -0.4 is 5.32 Å². The first-order chi connectivity index (χ1) is 10.1. The lowest BCUT2D eigenvalue weighted by Crippen LogP contribution is -2.36. The molecular formula is C18H25NOS. The fourth-order valence-electron chi connectivity index (χ4n) is 3.57. The van der Waals surface area contributed by atoms with Crippen LogP contribution in [0, 0.1) is 17.3 Å². The van der Waals surface area contributed by atoms with E-state index in [-0.39, 0.29) is 5.41 Å². The monoisotopic (exact) mass is 303 g/mol. The highest BCUT2D eigenvalue weighted by Crippen LogP contribution is 2.45. The largest absolute Gasteiger partial charge is 0.316 e. The molecule has 3 heteroatoms. The van der Waals surface area contributed by atoms with Gasteiger partial charge in [-0.1, -0.05) is 38.2 Å². The summed E-state index contributed by atoms with van der Waals surface area (Å²) in [5, 5.41) is 5.99. The summed E-state index contributed by atoms with van der Waals surface area (Å²) in [6, 6.07) is 0. The van der Waals surface area contributed by atoms with Crippen LogP contribution in [0.25, 0.3) is 0 Å². The number of fused-ring (bicyclic) bond motifs is 1. The van der Waals surface area contributed by atoms with Crippen LogP contribution in [0.3, 0.4) is 0 Å². The highest BCUT2D eigenvalue weighted by atomic mass is 32.2. The van der Waals surface area contributed by atoms with Gasteiger partial charge in [-0.2, -0.15) is 0 Å². The van der Waals surface area contributed by atoms with Crippen molar-refractivity contribution in [2.75, 3.05) is 13.1 Å². The van der Waals surface area contributed by atoms with Crippen molar-refractivity contribution in [3.63, 3.8) is 0 Å². The van der Waals surface area contributed by atoms with Gasteiger partial charge in [-0.25, -0.2) is 0 Å². The molecule has 3 aliphatic rings. The molecule has 3 rings (SSSR count). The molecule has 3 unspecified atom stereocenters. The SMILES string of the molecule is CC(C)CCC1(C(=O)C2=CSC3C=CC=CC23)CCNC1. The Morgan fingerprint density at radius 2 is 2.24 bits per heavy atom. The van der Waals surface area contributed by atoms with Crippen LogP contribution in [0.4, 0.5) is 0 Å². The minimum Gasteiger partial charge on any atom is -0.316 e. The number of ketones is 1. The van der Waals surface area contributed by atoms with E-state index in [1.807, 2.05) is 0 Å². The van der Waals surface area contributed by atoms with Gasteiger partial charge >= 0.3 is 0 Å². The molecule has 21 heavy (non-hydrogen) atoms. The van der Waals surface area contributed by atoms with Gasteiger partial charge in [0.25, 0.3) is 0 Å². The third-order valence-corrected chi connectivity index (χ3v) is 6.14. The van der Waals surface area contributed by atoms with Crippen LogP contribution in [0.2, 0.25) is 0 Å². The summed E-state index contributed by atoms with van der Waals surface area (Å²) in [7, 11) is 0. The molecule has 0 radical (unpaired) electrons. The molecule has 0 spiro atoms. The zero-order chi connectivity index (χ0) is 14.9. The minimum absolute atomic E-state index is 0.152. The first kappa shape index (κ1) is 15.1. The molecule has 3 atom stereocenters. The van der Waals surface area contributed by atoms with Gasteiger partial charge in [0, 0.05) is 28.7 Å². The molecule has 1 saturated heterocycles. The lowest BCUT2D eigenvalue weighted by atomic mass is 9.72. The zero-order valence-electron chi connectivity index (χ0n) is 13.0. The van der Waals surface area contributed by atoms with E-state index in [0.717, 1.165) is 37.9 Å². The molecule has 0 aromatic heterocycles. The van der Waals surface area contributed by atoms with E-state index in [1.54, 1.807) is 11.8 Å². The quantitative estimate of drug-likeness (QED) is 0.839. The second-order valence-corrected chi connectivity index (χ2v) is 7.99. The highest BCUT2D eigenvalue weighted by Gasteiger charge is 2.45. The Morgan fingerprint density at radius 3 is 2.95 bits per heavy atom. The van der Waals surface area contributed by atoms with Crippen LogP contribution in [-0.2, 0) is 4.79 Å². The smallest absolute Gasteiger partial charge is 0.167 e.